The van der Waals surface area contributed by atoms with Crippen molar-refractivity contribution in [2.75, 3.05) is 11.9 Å². The number of hydrogen-bond acceptors (Lipinski definition) is 5. The Balaban J connectivity index is 1.68. The van der Waals surface area contributed by atoms with Crippen LogP contribution >= 0.6 is 11.3 Å². The summed E-state index contributed by atoms with van der Waals surface area (Å²) in [5.74, 6) is 0.603. The van der Waals surface area contributed by atoms with E-state index in [4.69, 9.17) is 4.74 Å². The van der Waals surface area contributed by atoms with E-state index in [1.165, 1.54) is 11.3 Å². The van der Waals surface area contributed by atoms with Crippen LogP contribution in [0.25, 0.3) is 11.3 Å². The van der Waals surface area contributed by atoms with Crippen LogP contribution in [0.2, 0.25) is 0 Å². The Bertz CT molecular complexity index is 883. The van der Waals surface area contributed by atoms with Gasteiger partial charge in [0.15, 0.2) is 10.8 Å². The number of benzene rings is 1. The van der Waals surface area contributed by atoms with Gasteiger partial charge in [-0.1, -0.05) is 6.92 Å². The lowest BCUT2D eigenvalue weighted by molar-refractivity contribution is 0.102. The van der Waals surface area contributed by atoms with Gasteiger partial charge in [-0.2, -0.15) is 5.10 Å². The summed E-state index contributed by atoms with van der Waals surface area (Å²) in [6.07, 6.45) is 0.979. The van der Waals surface area contributed by atoms with Crippen molar-refractivity contribution >= 4 is 22.4 Å². The quantitative estimate of drug-likeness (QED) is 0.670. The third-order valence-electron chi connectivity index (χ3n) is 3.86. The molecule has 7 heteroatoms. The van der Waals surface area contributed by atoms with E-state index in [9.17, 15) is 4.79 Å². The Morgan fingerprint density at radius 1 is 1.27 bits per heavy atom. The van der Waals surface area contributed by atoms with Crippen LogP contribution in [0, 0.1) is 6.92 Å². The first kappa shape index (κ1) is 18.1. The van der Waals surface area contributed by atoms with Crippen molar-refractivity contribution in [2.24, 2.45) is 0 Å². The Morgan fingerprint density at radius 3 is 2.69 bits per heavy atom. The summed E-state index contributed by atoms with van der Waals surface area (Å²) < 4.78 is 7.39. The van der Waals surface area contributed by atoms with E-state index in [0.29, 0.717) is 17.4 Å². The molecule has 0 aliphatic rings. The average Bonchev–Trinajstić information content (AvgIpc) is 3.27. The molecular formula is C19H22N4O2S. The van der Waals surface area contributed by atoms with Gasteiger partial charge in [0.2, 0.25) is 0 Å². The Kier molecular flexibility index (Phi) is 5.68. The molecule has 26 heavy (non-hydrogen) atoms. The zero-order valence-corrected chi connectivity index (χ0v) is 16.0. The molecule has 2 heterocycles. The standard InChI is InChI=1S/C19H22N4O2S/c1-4-10-25-15-8-6-14(7-9-15)17-12-26-19(20-17)21-18(24)16-11-13(3)23(5-2)22-16/h6-9,11-12H,4-5,10H2,1-3H3,(H,20,21,24). The number of aromatic nitrogens is 3. The van der Waals surface area contributed by atoms with E-state index in [-0.39, 0.29) is 5.91 Å². The minimum atomic E-state index is -0.246. The molecule has 0 aliphatic heterocycles. The van der Waals surface area contributed by atoms with Gasteiger partial charge >= 0.3 is 0 Å². The van der Waals surface area contributed by atoms with Gasteiger partial charge in [0.1, 0.15) is 5.75 Å². The SMILES string of the molecule is CCCOc1ccc(-c2csc(NC(=O)c3cc(C)n(CC)n3)n2)cc1. The van der Waals surface area contributed by atoms with E-state index in [1.807, 2.05) is 43.5 Å². The number of hydrogen-bond donors (Lipinski definition) is 1. The molecule has 136 valence electrons. The van der Waals surface area contributed by atoms with Crippen molar-refractivity contribution in [1.29, 1.82) is 0 Å². The smallest absolute Gasteiger partial charge is 0.277 e. The zero-order valence-electron chi connectivity index (χ0n) is 15.2. The molecule has 0 saturated carbocycles. The number of nitrogens with zero attached hydrogens (tertiary/aromatic N) is 3. The van der Waals surface area contributed by atoms with Gasteiger partial charge in [-0.25, -0.2) is 4.98 Å². The van der Waals surface area contributed by atoms with Crippen LogP contribution in [0.1, 0.15) is 36.5 Å². The van der Waals surface area contributed by atoms with Crippen molar-refractivity contribution in [2.45, 2.75) is 33.7 Å². The Morgan fingerprint density at radius 2 is 2.04 bits per heavy atom. The predicted molar refractivity (Wildman–Crippen MR) is 104 cm³/mol. The van der Waals surface area contributed by atoms with Crippen molar-refractivity contribution in [1.82, 2.24) is 14.8 Å². The van der Waals surface area contributed by atoms with Crippen molar-refractivity contribution in [3.8, 4) is 17.0 Å². The van der Waals surface area contributed by atoms with Crippen LogP contribution in [-0.2, 0) is 6.54 Å². The topological polar surface area (TPSA) is 69.0 Å². The van der Waals surface area contributed by atoms with Crippen LogP contribution < -0.4 is 10.1 Å². The number of ether oxygens (including phenoxy) is 1. The van der Waals surface area contributed by atoms with Gasteiger partial charge < -0.3 is 4.74 Å². The lowest BCUT2D eigenvalue weighted by Gasteiger charge is -2.04. The first-order valence-corrected chi connectivity index (χ1v) is 9.53. The Labute approximate surface area is 156 Å². The molecule has 0 radical (unpaired) electrons. The maximum absolute atomic E-state index is 12.3. The molecule has 0 aliphatic carbocycles. The normalized spacial score (nSPS) is 10.7. The minimum absolute atomic E-state index is 0.246. The number of rotatable bonds is 7. The van der Waals surface area contributed by atoms with Crippen molar-refractivity contribution in [3.63, 3.8) is 0 Å². The fourth-order valence-electron chi connectivity index (χ4n) is 2.51. The number of anilines is 1. The maximum atomic E-state index is 12.3. The molecule has 1 aromatic carbocycles. The predicted octanol–water partition coefficient (Wildman–Crippen LogP) is 4.38. The molecule has 0 spiro atoms. The molecule has 1 amide bonds. The third-order valence-corrected chi connectivity index (χ3v) is 4.62. The molecule has 0 unspecified atom stereocenters. The first-order chi connectivity index (χ1) is 12.6. The fourth-order valence-corrected chi connectivity index (χ4v) is 3.22. The molecule has 1 N–H and O–H groups in total. The molecule has 6 nitrogen and oxygen atoms in total. The van der Waals surface area contributed by atoms with Crippen LogP contribution in [0.15, 0.2) is 35.7 Å². The summed E-state index contributed by atoms with van der Waals surface area (Å²) in [5.41, 5.74) is 3.17. The second-order valence-electron chi connectivity index (χ2n) is 5.85. The molecule has 2 aromatic heterocycles. The first-order valence-electron chi connectivity index (χ1n) is 8.65. The van der Waals surface area contributed by atoms with Gasteiger partial charge in [-0.15, -0.1) is 11.3 Å². The van der Waals surface area contributed by atoms with Crippen molar-refractivity contribution < 1.29 is 9.53 Å². The van der Waals surface area contributed by atoms with Gasteiger partial charge in [-0.3, -0.25) is 14.8 Å². The summed E-state index contributed by atoms with van der Waals surface area (Å²) in [6.45, 7) is 7.45. The highest BCUT2D eigenvalue weighted by atomic mass is 32.1. The van der Waals surface area contributed by atoms with Crippen LogP contribution in [0.5, 0.6) is 5.75 Å². The largest absolute Gasteiger partial charge is 0.494 e. The highest BCUT2D eigenvalue weighted by Gasteiger charge is 2.14. The van der Waals surface area contributed by atoms with Crippen LogP contribution in [0.4, 0.5) is 5.13 Å². The number of thiazole rings is 1. The summed E-state index contributed by atoms with van der Waals surface area (Å²) in [4.78, 5) is 16.8. The van der Waals surface area contributed by atoms with Gasteiger partial charge in [-0.05, 0) is 50.6 Å². The van der Waals surface area contributed by atoms with Gasteiger partial charge in [0, 0.05) is 23.2 Å². The van der Waals surface area contributed by atoms with Gasteiger partial charge in [0.05, 0.1) is 12.3 Å². The maximum Gasteiger partial charge on any atom is 0.277 e. The molecule has 3 rings (SSSR count). The monoisotopic (exact) mass is 370 g/mol. The average molecular weight is 370 g/mol. The minimum Gasteiger partial charge on any atom is -0.494 e. The highest BCUT2D eigenvalue weighted by Crippen LogP contribution is 2.26. The molecule has 0 atom stereocenters. The molecule has 0 bridgehead atoms. The van der Waals surface area contributed by atoms with E-state index in [1.54, 1.807) is 10.7 Å². The highest BCUT2D eigenvalue weighted by molar-refractivity contribution is 7.14. The van der Waals surface area contributed by atoms with Crippen LogP contribution in [0.3, 0.4) is 0 Å². The lowest BCUT2D eigenvalue weighted by atomic mass is 10.2. The van der Waals surface area contributed by atoms with Crippen molar-refractivity contribution in [3.05, 3.63) is 47.1 Å². The number of amides is 1. The molecule has 0 saturated heterocycles. The third kappa shape index (κ3) is 4.11. The summed E-state index contributed by atoms with van der Waals surface area (Å²) in [6, 6.07) is 9.59. The van der Waals surface area contributed by atoms with E-state index in [0.717, 1.165) is 35.7 Å². The van der Waals surface area contributed by atoms with E-state index < -0.39 is 0 Å². The summed E-state index contributed by atoms with van der Waals surface area (Å²) in [7, 11) is 0. The zero-order chi connectivity index (χ0) is 18.5. The number of carbonyl (C=O) groups excluding carboxylic acids is 1. The number of aryl methyl sites for hydroxylation is 2. The fraction of sp³-hybridized carbons (Fsp3) is 0.316. The molecule has 3 aromatic rings. The summed E-state index contributed by atoms with van der Waals surface area (Å²) in [5, 5.41) is 9.59. The second kappa shape index (κ2) is 8.14. The number of nitrogens with one attached hydrogen (secondary N) is 1. The number of carbonyl (C=O) groups is 1. The van der Waals surface area contributed by atoms with E-state index in [2.05, 4.69) is 22.3 Å². The Hall–Kier alpha value is -2.67. The van der Waals surface area contributed by atoms with Gasteiger partial charge in [0.25, 0.3) is 5.91 Å². The van der Waals surface area contributed by atoms with E-state index >= 15 is 0 Å². The molecular weight excluding hydrogens is 348 g/mol. The van der Waals surface area contributed by atoms with Crippen LogP contribution in [-0.4, -0.2) is 27.3 Å². The lowest BCUT2D eigenvalue weighted by Crippen LogP contribution is -2.13. The second-order valence-corrected chi connectivity index (χ2v) is 6.71. The summed E-state index contributed by atoms with van der Waals surface area (Å²) >= 11 is 1.39. The molecule has 0 fully saturated rings.